The molecule has 0 saturated carbocycles. The molecule has 4 aromatic rings. The van der Waals surface area contributed by atoms with Gasteiger partial charge in [-0.3, -0.25) is 0 Å². The van der Waals surface area contributed by atoms with Gasteiger partial charge in [-0.15, -0.1) is 0 Å². The first-order chi connectivity index (χ1) is 22.1. The van der Waals surface area contributed by atoms with Gasteiger partial charge in [0.2, 0.25) is 0 Å². The van der Waals surface area contributed by atoms with Crippen LogP contribution in [0.3, 0.4) is 0 Å². The number of methoxy groups -OCH3 is 2. The number of nitrogens with one attached hydrogen (secondary N) is 1. The summed E-state index contributed by atoms with van der Waals surface area (Å²) in [5, 5.41) is 15.6. The van der Waals surface area contributed by atoms with Gasteiger partial charge in [-0.25, -0.2) is 0 Å². The Morgan fingerprint density at radius 3 is 2.31 bits per heavy atom. The summed E-state index contributed by atoms with van der Waals surface area (Å²) in [6.07, 6.45) is -0.0684. The monoisotopic (exact) mass is 615 g/mol. The van der Waals surface area contributed by atoms with Gasteiger partial charge in [0.15, 0.2) is 0 Å². The first kappa shape index (κ1) is 32.7. The van der Waals surface area contributed by atoms with E-state index < -0.39 is 6.10 Å². The molecule has 0 spiro atoms. The van der Waals surface area contributed by atoms with E-state index >= 15 is 0 Å². The van der Waals surface area contributed by atoms with Crippen LogP contribution < -0.4 is 19.5 Å². The molecular weight excluding hydrogens is 570 g/mol. The van der Waals surface area contributed by atoms with Gasteiger partial charge in [0.25, 0.3) is 0 Å². The third-order valence-electron chi connectivity index (χ3n) is 8.03. The molecule has 0 bridgehead atoms. The third kappa shape index (κ3) is 8.96. The highest BCUT2D eigenvalue weighted by Crippen LogP contribution is 2.33. The smallest absolute Gasteiger partial charge is 0.127 e. The van der Waals surface area contributed by atoms with Crippen molar-refractivity contribution >= 4 is 10.8 Å². The second kappa shape index (κ2) is 16.6. The van der Waals surface area contributed by atoms with Crippen LogP contribution in [0.25, 0.3) is 10.8 Å². The van der Waals surface area contributed by atoms with Crippen LogP contribution in [-0.4, -0.2) is 70.5 Å². The quantitative estimate of drug-likeness (QED) is 0.151. The fourth-order valence-electron chi connectivity index (χ4n) is 5.81. The lowest BCUT2D eigenvalue weighted by Crippen LogP contribution is -2.51. The average molecular weight is 616 g/mol. The summed E-state index contributed by atoms with van der Waals surface area (Å²) in [5.74, 6) is 2.45. The third-order valence-corrected chi connectivity index (χ3v) is 8.03. The van der Waals surface area contributed by atoms with E-state index in [0.717, 1.165) is 51.1 Å². The Bertz CT molecular complexity index is 1480. The fraction of sp³-hybridized carbons (Fsp3) is 0.405. The number of benzene rings is 4. The molecule has 1 aliphatic rings. The minimum atomic E-state index is -0.550. The van der Waals surface area contributed by atoms with Crippen molar-refractivity contribution in [3.63, 3.8) is 0 Å². The number of aliphatic hydroxyl groups excluding tert-OH is 1. The van der Waals surface area contributed by atoms with Crippen LogP contribution in [0, 0.1) is 0 Å². The Labute approximate surface area is 266 Å². The van der Waals surface area contributed by atoms with Crippen LogP contribution in [0.5, 0.6) is 17.2 Å². The highest BCUT2D eigenvalue weighted by atomic mass is 16.5. The molecule has 45 heavy (non-hydrogen) atoms. The molecule has 1 heterocycles. The van der Waals surface area contributed by atoms with E-state index in [4.69, 9.17) is 28.4 Å². The summed E-state index contributed by atoms with van der Waals surface area (Å²) in [7, 11) is 3.37. The summed E-state index contributed by atoms with van der Waals surface area (Å²) in [6.45, 7) is 5.46. The van der Waals surface area contributed by atoms with Crippen LogP contribution in [0.2, 0.25) is 0 Å². The van der Waals surface area contributed by atoms with Gasteiger partial charge in [0, 0.05) is 36.4 Å². The van der Waals surface area contributed by atoms with Gasteiger partial charge in [-0.2, -0.15) is 0 Å². The molecule has 0 aromatic heterocycles. The highest BCUT2D eigenvalue weighted by molar-refractivity contribution is 5.89. The summed E-state index contributed by atoms with van der Waals surface area (Å²) in [5.41, 5.74) is 3.19. The molecule has 240 valence electrons. The van der Waals surface area contributed by atoms with Crippen LogP contribution >= 0.6 is 0 Å². The van der Waals surface area contributed by atoms with Crippen molar-refractivity contribution < 1.29 is 33.5 Å². The van der Waals surface area contributed by atoms with Crippen molar-refractivity contribution in [1.82, 2.24) is 5.32 Å². The lowest BCUT2D eigenvalue weighted by Gasteiger charge is -2.39. The molecule has 4 atom stereocenters. The van der Waals surface area contributed by atoms with Crippen LogP contribution in [0.4, 0.5) is 0 Å². The van der Waals surface area contributed by atoms with Gasteiger partial charge in [-0.1, -0.05) is 54.6 Å². The van der Waals surface area contributed by atoms with E-state index in [1.54, 1.807) is 21.1 Å². The second-order valence-corrected chi connectivity index (χ2v) is 11.4. The normalized spacial score (nSPS) is 18.9. The summed E-state index contributed by atoms with van der Waals surface area (Å²) < 4.78 is 35.7. The van der Waals surface area contributed by atoms with Crippen LogP contribution in [0.15, 0.2) is 84.9 Å². The molecule has 8 nitrogen and oxygen atoms in total. The summed E-state index contributed by atoms with van der Waals surface area (Å²) in [6, 6.07) is 28.5. The van der Waals surface area contributed by atoms with Crippen molar-refractivity contribution in [3.05, 3.63) is 102 Å². The standard InChI is InChI=1S/C37H45NO7/c1-26(39)23-44-35-21-38-22-36(45-24-27-19-29-9-4-6-11-32(29)34(20-27)41-3)37(35)28-13-15-31(16-14-28)43-18-8-17-42-25-30-10-5-7-12-33(30)40-2/h4-7,9-16,19-20,26,35-39H,8,17-18,21-25H2,1-3H3/t26?,35-,36+,37+/m1/s1. The first-order valence-corrected chi connectivity index (χ1v) is 15.7. The number of hydrogen-bond acceptors (Lipinski definition) is 8. The van der Waals surface area contributed by atoms with Crippen LogP contribution in [-0.2, 0) is 27.4 Å². The largest absolute Gasteiger partial charge is 0.496 e. The number of fused-ring (bicyclic) bond motifs is 1. The minimum absolute atomic E-state index is 0.0234. The highest BCUT2D eigenvalue weighted by Gasteiger charge is 2.36. The van der Waals surface area contributed by atoms with Crippen molar-refractivity contribution in [2.75, 3.05) is 47.1 Å². The second-order valence-electron chi connectivity index (χ2n) is 11.4. The van der Waals surface area contributed by atoms with Gasteiger partial charge < -0.3 is 38.8 Å². The Kier molecular flexibility index (Phi) is 12.1. The Morgan fingerprint density at radius 2 is 1.53 bits per heavy atom. The predicted octanol–water partition coefficient (Wildman–Crippen LogP) is 5.88. The van der Waals surface area contributed by atoms with E-state index in [2.05, 4.69) is 35.6 Å². The van der Waals surface area contributed by atoms with E-state index in [9.17, 15) is 5.11 Å². The zero-order valence-corrected chi connectivity index (χ0v) is 26.4. The zero-order chi connectivity index (χ0) is 31.4. The number of aliphatic hydroxyl groups is 1. The molecule has 4 aromatic carbocycles. The zero-order valence-electron chi connectivity index (χ0n) is 26.4. The Balaban J connectivity index is 1.19. The average Bonchev–Trinajstić information content (AvgIpc) is 3.08. The van der Waals surface area contributed by atoms with E-state index in [-0.39, 0.29) is 24.7 Å². The van der Waals surface area contributed by atoms with Gasteiger partial charge in [0.05, 0.1) is 65.6 Å². The number of rotatable bonds is 16. The van der Waals surface area contributed by atoms with Crippen molar-refractivity contribution in [1.29, 1.82) is 0 Å². The molecule has 1 saturated heterocycles. The molecule has 0 aliphatic carbocycles. The van der Waals surface area contributed by atoms with Crippen molar-refractivity contribution in [2.24, 2.45) is 0 Å². The lowest BCUT2D eigenvalue weighted by molar-refractivity contribution is -0.0752. The topological polar surface area (TPSA) is 87.6 Å². The predicted molar refractivity (Wildman–Crippen MR) is 175 cm³/mol. The number of hydrogen-bond donors (Lipinski definition) is 2. The molecule has 1 aliphatic heterocycles. The van der Waals surface area contributed by atoms with Crippen molar-refractivity contribution in [2.45, 2.75) is 50.8 Å². The molecule has 1 unspecified atom stereocenters. The number of ether oxygens (including phenoxy) is 6. The minimum Gasteiger partial charge on any atom is -0.496 e. The molecule has 1 fully saturated rings. The van der Waals surface area contributed by atoms with Crippen LogP contribution in [0.1, 0.15) is 36.0 Å². The first-order valence-electron chi connectivity index (χ1n) is 15.7. The number of piperidine rings is 1. The molecule has 0 radical (unpaired) electrons. The van der Waals surface area contributed by atoms with E-state index in [1.165, 1.54) is 0 Å². The molecule has 8 heteroatoms. The Hall–Kier alpha value is -3.66. The molecule has 5 rings (SSSR count). The molecular formula is C37H45NO7. The maximum atomic E-state index is 9.93. The van der Waals surface area contributed by atoms with E-state index in [0.29, 0.717) is 39.5 Å². The lowest BCUT2D eigenvalue weighted by atomic mass is 9.85. The maximum absolute atomic E-state index is 9.93. The van der Waals surface area contributed by atoms with Gasteiger partial charge in [-0.05, 0) is 53.8 Å². The van der Waals surface area contributed by atoms with Gasteiger partial charge in [0.1, 0.15) is 17.2 Å². The SMILES string of the molecule is COc1ccccc1COCCCOc1ccc([C@@H]2[C@@H](OCc3cc(OC)c4ccccc4c3)CNC[C@H]2OCC(C)O)cc1. The number of para-hydroxylation sites is 1. The Morgan fingerprint density at radius 1 is 0.800 bits per heavy atom. The molecule has 0 amide bonds. The maximum Gasteiger partial charge on any atom is 0.127 e. The van der Waals surface area contributed by atoms with Crippen molar-refractivity contribution in [3.8, 4) is 17.2 Å². The van der Waals surface area contributed by atoms with E-state index in [1.807, 2.05) is 54.6 Å². The van der Waals surface area contributed by atoms with Gasteiger partial charge >= 0.3 is 0 Å². The summed E-state index contributed by atoms with van der Waals surface area (Å²) in [4.78, 5) is 0. The molecule has 2 N–H and O–H groups in total. The summed E-state index contributed by atoms with van der Waals surface area (Å²) >= 11 is 0. The fourth-order valence-corrected chi connectivity index (χ4v) is 5.81.